The first kappa shape index (κ1) is 22.8. The van der Waals surface area contributed by atoms with Gasteiger partial charge in [0.05, 0.1) is 11.5 Å². The van der Waals surface area contributed by atoms with Crippen molar-refractivity contribution in [1.82, 2.24) is 10.1 Å². The molecule has 34 heavy (non-hydrogen) atoms. The monoisotopic (exact) mass is 489 g/mol. The predicted octanol–water partition coefficient (Wildman–Crippen LogP) is 4.30. The summed E-state index contributed by atoms with van der Waals surface area (Å²) < 4.78 is 63.5. The van der Waals surface area contributed by atoms with Crippen LogP contribution in [0.2, 0.25) is 0 Å². The van der Waals surface area contributed by atoms with Crippen molar-refractivity contribution in [3.05, 3.63) is 53.9 Å². The van der Waals surface area contributed by atoms with Crippen LogP contribution in [0.15, 0.2) is 45.8 Å². The lowest BCUT2D eigenvalue weighted by Gasteiger charge is -2.17. The van der Waals surface area contributed by atoms with E-state index in [1.807, 2.05) is 13.8 Å². The standard InChI is InChI=1S/C24H25F2N3O4S/c1-13(2)23-27-24(33-28-23)29-10-17-18(11-29)19(17)12-32-22-20(25)8-15(9-21(22)26)14-4-6-16(7-5-14)34(3,30)31/h4-9,13,17-19H,10-12H2,1-3H3/t17-,18?,19?/m0/s1. The second-order valence-electron chi connectivity index (χ2n) is 9.36. The van der Waals surface area contributed by atoms with Crippen LogP contribution in [-0.2, 0) is 9.84 Å². The Morgan fingerprint density at radius 1 is 1.09 bits per heavy atom. The molecular weight excluding hydrogens is 464 g/mol. The van der Waals surface area contributed by atoms with Crippen molar-refractivity contribution in [2.75, 3.05) is 30.9 Å². The Morgan fingerprint density at radius 3 is 2.24 bits per heavy atom. The lowest BCUT2D eigenvalue weighted by Crippen LogP contribution is -2.25. The van der Waals surface area contributed by atoms with Crippen LogP contribution in [-0.4, -0.2) is 44.5 Å². The summed E-state index contributed by atoms with van der Waals surface area (Å²) in [5, 5.41) is 4.00. The molecule has 10 heteroatoms. The van der Waals surface area contributed by atoms with E-state index in [4.69, 9.17) is 9.26 Å². The second-order valence-corrected chi connectivity index (χ2v) is 11.4. The van der Waals surface area contributed by atoms with E-state index in [0.29, 0.717) is 34.8 Å². The third-order valence-corrected chi connectivity index (χ3v) is 7.75. The van der Waals surface area contributed by atoms with E-state index >= 15 is 0 Å². The van der Waals surface area contributed by atoms with Gasteiger partial charge < -0.3 is 14.2 Å². The topological polar surface area (TPSA) is 85.5 Å². The first-order valence-electron chi connectivity index (χ1n) is 11.1. The fraction of sp³-hybridized carbons (Fsp3) is 0.417. The van der Waals surface area contributed by atoms with E-state index in [-0.39, 0.29) is 23.3 Å². The number of nitrogens with zero attached hydrogens (tertiary/aromatic N) is 3. The molecule has 0 radical (unpaired) electrons. The molecule has 2 aromatic carbocycles. The Hall–Kier alpha value is -3.01. The third-order valence-electron chi connectivity index (χ3n) is 6.62. The number of fused-ring (bicyclic) bond motifs is 1. The summed E-state index contributed by atoms with van der Waals surface area (Å²) in [4.78, 5) is 6.62. The van der Waals surface area contributed by atoms with Gasteiger partial charge in [0.25, 0.3) is 0 Å². The van der Waals surface area contributed by atoms with Crippen molar-refractivity contribution < 1.29 is 26.5 Å². The van der Waals surface area contributed by atoms with E-state index in [2.05, 4.69) is 15.0 Å². The van der Waals surface area contributed by atoms with Gasteiger partial charge >= 0.3 is 6.01 Å². The molecule has 0 N–H and O–H groups in total. The van der Waals surface area contributed by atoms with Crippen LogP contribution in [0.1, 0.15) is 25.6 Å². The zero-order valence-electron chi connectivity index (χ0n) is 19.0. The molecule has 2 heterocycles. The molecule has 180 valence electrons. The molecule has 2 fully saturated rings. The Labute approximate surface area is 196 Å². The van der Waals surface area contributed by atoms with Gasteiger partial charge in [-0.15, -0.1) is 0 Å². The van der Waals surface area contributed by atoms with E-state index in [9.17, 15) is 17.2 Å². The number of halogens is 2. The lowest BCUT2D eigenvalue weighted by molar-refractivity contribution is 0.256. The highest BCUT2D eigenvalue weighted by Gasteiger charge is 2.57. The number of ether oxygens (including phenoxy) is 1. The molecule has 0 spiro atoms. The van der Waals surface area contributed by atoms with E-state index in [0.717, 1.165) is 19.3 Å². The Morgan fingerprint density at radius 2 is 1.71 bits per heavy atom. The number of rotatable bonds is 7. The van der Waals surface area contributed by atoms with Gasteiger partial charge in [0.15, 0.2) is 33.0 Å². The number of hydrogen-bond acceptors (Lipinski definition) is 7. The van der Waals surface area contributed by atoms with Crippen LogP contribution in [0.4, 0.5) is 14.8 Å². The first-order valence-corrected chi connectivity index (χ1v) is 13.0. The van der Waals surface area contributed by atoms with Crippen molar-refractivity contribution in [3.8, 4) is 16.9 Å². The zero-order valence-corrected chi connectivity index (χ0v) is 19.9. The van der Waals surface area contributed by atoms with E-state index in [1.54, 1.807) is 0 Å². The first-order chi connectivity index (χ1) is 16.1. The van der Waals surface area contributed by atoms with Gasteiger partial charge in [-0.05, 0) is 47.2 Å². The molecule has 5 rings (SSSR count). The van der Waals surface area contributed by atoms with E-state index < -0.39 is 27.2 Å². The maximum Gasteiger partial charge on any atom is 0.324 e. The molecular formula is C24H25F2N3O4S. The van der Waals surface area contributed by atoms with Gasteiger partial charge in [-0.1, -0.05) is 31.1 Å². The third kappa shape index (κ3) is 4.26. The number of anilines is 1. The summed E-state index contributed by atoms with van der Waals surface area (Å²) in [6.45, 7) is 5.75. The summed E-state index contributed by atoms with van der Waals surface area (Å²) in [5.74, 6) is -0.137. The van der Waals surface area contributed by atoms with Crippen molar-refractivity contribution in [1.29, 1.82) is 0 Å². The van der Waals surface area contributed by atoms with Gasteiger partial charge in [0, 0.05) is 31.2 Å². The highest BCUT2D eigenvalue weighted by molar-refractivity contribution is 7.90. The molecule has 1 saturated carbocycles. The van der Waals surface area contributed by atoms with Gasteiger partial charge in [0.2, 0.25) is 0 Å². The highest BCUT2D eigenvalue weighted by Crippen LogP contribution is 2.52. The maximum absolute atomic E-state index is 14.7. The van der Waals surface area contributed by atoms with Crippen LogP contribution < -0.4 is 9.64 Å². The van der Waals surface area contributed by atoms with Crippen LogP contribution in [0.3, 0.4) is 0 Å². The lowest BCUT2D eigenvalue weighted by atomic mass is 10.1. The number of piperidine rings is 1. The normalized spacial score (nSPS) is 21.7. The summed E-state index contributed by atoms with van der Waals surface area (Å²) in [5.41, 5.74) is 0.817. The minimum absolute atomic E-state index is 0.144. The average Bonchev–Trinajstić information content (AvgIpc) is 3.16. The molecule has 3 atom stereocenters. The summed E-state index contributed by atoms with van der Waals surface area (Å²) in [7, 11) is -3.35. The zero-order chi connectivity index (χ0) is 24.2. The molecule has 1 aliphatic heterocycles. The Bertz CT molecular complexity index is 1290. The summed E-state index contributed by atoms with van der Waals surface area (Å²) in [6.07, 6.45) is 1.10. The van der Waals surface area contributed by atoms with Crippen LogP contribution in [0, 0.1) is 29.4 Å². The highest BCUT2D eigenvalue weighted by atomic mass is 32.2. The van der Waals surface area contributed by atoms with E-state index in [1.165, 1.54) is 36.4 Å². The van der Waals surface area contributed by atoms with Gasteiger partial charge in [0.1, 0.15) is 0 Å². The smallest absolute Gasteiger partial charge is 0.324 e. The molecule has 1 saturated heterocycles. The fourth-order valence-electron chi connectivity index (χ4n) is 4.58. The van der Waals surface area contributed by atoms with Crippen molar-refractivity contribution >= 4 is 15.9 Å². The van der Waals surface area contributed by atoms with Gasteiger partial charge in [-0.2, -0.15) is 4.98 Å². The number of aromatic nitrogens is 2. The molecule has 2 unspecified atom stereocenters. The predicted molar refractivity (Wildman–Crippen MR) is 121 cm³/mol. The number of hydrogen-bond donors (Lipinski definition) is 0. The maximum atomic E-state index is 14.7. The Balaban J connectivity index is 1.20. The quantitative estimate of drug-likeness (QED) is 0.489. The molecule has 2 aliphatic rings. The molecule has 0 bridgehead atoms. The molecule has 3 aromatic rings. The minimum Gasteiger partial charge on any atom is -0.487 e. The summed E-state index contributed by atoms with van der Waals surface area (Å²) >= 11 is 0. The number of sulfone groups is 1. The van der Waals surface area contributed by atoms with Gasteiger partial charge in [-0.3, -0.25) is 0 Å². The number of benzene rings is 2. The fourth-order valence-corrected chi connectivity index (χ4v) is 5.21. The second kappa shape index (κ2) is 8.33. The van der Waals surface area contributed by atoms with Crippen LogP contribution in [0.25, 0.3) is 11.1 Å². The molecule has 0 amide bonds. The van der Waals surface area contributed by atoms with Gasteiger partial charge in [-0.25, -0.2) is 17.2 Å². The average molecular weight is 490 g/mol. The van der Waals surface area contributed by atoms with Crippen molar-refractivity contribution in [2.24, 2.45) is 17.8 Å². The Kier molecular flexibility index (Phi) is 5.58. The van der Waals surface area contributed by atoms with Crippen molar-refractivity contribution in [2.45, 2.75) is 24.7 Å². The van der Waals surface area contributed by atoms with Crippen LogP contribution in [0.5, 0.6) is 5.75 Å². The van der Waals surface area contributed by atoms with Crippen LogP contribution >= 0.6 is 0 Å². The molecule has 1 aromatic heterocycles. The molecule has 1 aliphatic carbocycles. The largest absolute Gasteiger partial charge is 0.487 e. The van der Waals surface area contributed by atoms with Crippen molar-refractivity contribution in [3.63, 3.8) is 0 Å². The molecule has 7 nitrogen and oxygen atoms in total. The minimum atomic E-state index is -3.35. The SMILES string of the molecule is CC(C)c1noc(N2CC3C(COc4c(F)cc(-c5ccc(S(C)(=O)=O)cc5)cc4F)[C@H]3C2)n1. The summed E-state index contributed by atoms with van der Waals surface area (Å²) in [6, 6.07) is 8.80.